The average molecular weight is 261 g/mol. The lowest BCUT2D eigenvalue weighted by Gasteiger charge is -2.31. The molecule has 2 aromatic rings. The molecule has 1 N–H and O–H groups in total. The van der Waals surface area contributed by atoms with Gasteiger partial charge in [0.15, 0.2) is 0 Å². The molecule has 0 amide bonds. The van der Waals surface area contributed by atoms with Crippen LogP contribution < -0.4 is 5.32 Å². The monoisotopic (exact) mass is 261 g/mol. The van der Waals surface area contributed by atoms with Crippen molar-refractivity contribution in [3.63, 3.8) is 0 Å². The van der Waals surface area contributed by atoms with Gasteiger partial charge in [-0.25, -0.2) is 4.98 Å². The van der Waals surface area contributed by atoms with E-state index in [4.69, 9.17) is 4.98 Å². The van der Waals surface area contributed by atoms with Crippen LogP contribution >= 0.6 is 11.3 Å². The number of piperazine rings is 1. The number of nitrogens with zero attached hydrogens (tertiary/aromatic N) is 2. The molecule has 1 aliphatic rings. The standard InChI is InChI=1S/C14H19N3S/c1-10-3-4-13-12(9-10)16-14(18-13)11(2)17-7-5-15-6-8-17/h3-4,9,11,15H,5-8H2,1-2H3. The van der Waals surface area contributed by atoms with Crippen molar-refractivity contribution in [2.45, 2.75) is 19.9 Å². The molecule has 3 nitrogen and oxygen atoms in total. The summed E-state index contributed by atoms with van der Waals surface area (Å²) in [6.07, 6.45) is 0. The molecular formula is C14H19N3S. The zero-order valence-corrected chi connectivity index (χ0v) is 11.8. The minimum absolute atomic E-state index is 0.435. The van der Waals surface area contributed by atoms with E-state index in [9.17, 15) is 0 Å². The van der Waals surface area contributed by atoms with E-state index in [1.54, 1.807) is 0 Å². The zero-order chi connectivity index (χ0) is 12.5. The molecule has 1 fully saturated rings. The lowest BCUT2D eigenvalue weighted by Crippen LogP contribution is -2.44. The highest BCUT2D eigenvalue weighted by Gasteiger charge is 2.20. The molecule has 96 valence electrons. The van der Waals surface area contributed by atoms with Crippen LogP contribution in [-0.2, 0) is 0 Å². The predicted octanol–water partition coefficient (Wildman–Crippen LogP) is 2.57. The summed E-state index contributed by atoms with van der Waals surface area (Å²) in [7, 11) is 0. The van der Waals surface area contributed by atoms with Gasteiger partial charge in [0.25, 0.3) is 0 Å². The van der Waals surface area contributed by atoms with Crippen molar-refractivity contribution in [1.82, 2.24) is 15.2 Å². The second-order valence-electron chi connectivity index (χ2n) is 4.99. The summed E-state index contributed by atoms with van der Waals surface area (Å²) >= 11 is 1.83. The first-order chi connectivity index (χ1) is 8.74. The normalized spacial score (nSPS) is 19.2. The number of hydrogen-bond acceptors (Lipinski definition) is 4. The maximum Gasteiger partial charge on any atom is 0.111 e. The number of hydrogen-bond donors (Lipinski definition) is 1. The highest BCUT2D eigenvalue weighted by molar-refractivity contribution is 7.18. The summed E-state index contributed by atoms with van der Waals surface area (Å²) in [5.41, 5.74) is 2.44. The highest BCUT2D eigenvalue weighted by Crippen LogP contribution is 2.30. The van der Waals surface area contributed by atoms with Crippen molar-refractivity contribution in [2.24, 2.45) is 0 Å². The number of rotatable bonds is 2. The summed E-state index contributed by atoms with van der Waals surface area (Å²) in [6, 6.07) is 6.97. The Bertz CT molecular complexity index is 543. The third-order valence-electron chi connectivity index (χ3n) is 3.62. The maximum atomic E-state index is 4.81. The summed E-state index contributed by atoms with van der Waals surface area (Å²) in [5.74, 6) is 0. The van der Waals surface area contributed by atoms with Crippen molar-refractivity contribution in [3.8, 4) is 0 Å². The van der Waals surface area contributed by atoms with E-state index in [2.05, 4.69) is 42.3 Å². The lowest BCUT2D eigenvalue weighted by molar-refractivity contribution is 0.185. The topological polar surface area (TPSA) is 28.2 Å². The van der Waals surface area contributed by atoms with E-state index >= 15 is 0 Å². The van der Waals surface area contributed by atoms with E-state index in [1.165, 1.54) is 15.3 Å². The van der Waals surface area contributed by atoms with Crippen LogP contribution in [0.5, 0.6) is 0 Å². The third-order valence-corrected chi connectivity index (χ3v) is 4.82. The Morgan fingerprint density at radius 3 is 2.89 bits per heavy atom. The molecule has 1 saturated heterocycles. The maximum absolute atomic E-state index is 4.81. The second kappa shape index (κ2) is 4.96. The van der Waals surface area contributed by atoms with Gasteiger partial charge >= 0.3 is 0 Å². The van der Waals surface area contributed by atoms with Gasteiger partial charge in [-0.15, -0.1) is 11.3 Å². The molecule has 1 aliphatic heterocycles. The number of thiazole rings is 1. The smallest absolute Gasteiger partial charge is 0.111 e. The predicted molar refractivity (Wildman–Crippen MR) is 77.2 cm³/mol. The summed E-state index contributed by atoms with van der Waals surface area (Å²) in [5, 5.41) is 4.64. The largest absolute Gasteiger partial charge is 0.314 e. The van der Waals surface area contributed by atoms with Gasteiger partial charge < -0.3 is 5.32 Å². The Balaban J connectivity index is 1.88. The summed E-state index contributed by atoms with van der Waals surface area (Å²) < 4.78 is 1.30. The van der Waals surface area contributed by atoms with Crippen molar-refractivity contribution in [3.05, 3.63) is 28.8 Å². The van der Waals surface area contributed by atoms with Gasteiger partial charge in [-0.05, 0) is 31.5 Å². The molecule has 0 spiro atoms. The average Bonchev–Trinajstić information content (AvgIpc) is 2.81. The van der Waals surface area contributed by atoms with E-state index in [-0.39, 0.29) is 0 Å². The Labute approximate surface area is 112 Å². The van der Waals surface area contributed by atoms with Crippen molar-refractivity contribution in [2.75, 3.05) is 26.2 Å². The number of benzene rings is 1. The first-order valence-corrected chi connectivity index (χ1v) is 7.37. The van der Waals surface area contributed by atoms with Gasteiger partial charge in [-0.2, -0.15) is 0 Å². The minimum Gasteiger partial charge on any atom is -0.314 e. The van der Waals surface area contributed by atoms with Crippen LogP contribution in [0.2, 0.25) is 0 Å². The van der Waals surface area contributed by atoms with Crippen LogP contribution in [-0.4, -0.2) is 36.1 Å². The van der Waals surface area contributed by atoms with Gasteiger partial charge in [-0.1, -0.05) is 6.07 Å². The van der Waals surface area contributed by atoms with E-state index in [0.29, 0.717) is 6.04 Å². The summed E-state index contributed by atoms with van der Waals surface area (Å²) in [6.45, 7) is 8.82. The fourth-order valence-electron chi connectivity index (χ4n) is 2.46. The number of nitrogens with one attached hydrogen (secondary N) is 1. The lowest BCUT2D eigenvalue weighted by atomic mass is 10.2. The first-order valence-electron chi connectivity index (χ1n) is 6.56. The van der Waals surface area contributed by atoms with Gasteiger partial charge in [-0.3, -0.25) is 4.90 Å². The van der Waals surface area contributed by atoms with Crippen LogP contribution in [0.4, 0.5) is 0 Å². The third kappa shape index (κ3) is 2.28. The quantitative estimate of drug-likeness (QED) is 0.900. The van der Waals surface area contributed by atoms with Crippen LogP contribution in [0, 0.1) is 6.92 Å². The summed E-state index contributed by atoms with van der Waals surface area (Å²) in [4.78, 5) is 7.32. The molecule has 18 heavy (non-hydrogen) atoms. The van der Waals surface area contributed by atoms with Gasteiger partial charge in [0, 0.05) is 26.2 Å². The number of fused-ring (bicyclic) bond motifs is 1. The van der Waals surface area contributed by atoms with Crippen LogP contribution in [0.15, 0.2) is 18.2 Å². The molecule has 1 aromatic heterocycles. The molecular weight excluding hydrogens is 242 g/mol. The molecule has 2 heterocycles. The van der Waals surface area contributed by atoms with E-state index in [1.807, 2.05) is 11.3 Å². The molecule has 0 bridgehead atoms. The van der Waals surface area contributed by atoms with Crippen molar-refractivity contribution in [1.29, 1.82) is 0 Å². The van der Waals surface area contributed by atoms with Crippen molar-refractivity contribution >= 4 is 21.6 Å². The fraction of sp³-hybridized carbons (Fsp3) is 0.500. The molecule has 4 heteroatoms. The van der Waals surface area contributed by atoms with Gasteiger partial charge in [0.05, 0.1) is 16.3 Å². The fourth-order valence-corrected chi connectivity index (χ4v) is 3.49. The van der Waals surface area contributed by atoms with Gasteiger partial charge in [0.1, 0.15) is 5.01 Å². The Morgan fingerprint density at radius 1 is 1.33 bits per heavy atom. The Morgan fingerprint density at radius 2 is 2.11 bits per heavy atom. The number of aryl methyl sites for hydroxylation is 1. The van der Waals surface area contributed by atoms with E-state index in [0.717, 1.165) is 31.7 Å². The Hall–Kier alpha value is -0.970. The minimum atomic E-state index is 0.435. The van der Waals surface area contributed by atoms with Crippen LogP contribution in [0.25, 0.3) is 10.2 Å². The van der Waals surface area contributed by atoms with Crippen LogP contribution in [0.1, 0.15) is 23.5 Å². The van der Waals surface area contributed by atoms with Gasteiger partial charge in [0.2, 0.25) is 0 Å². The molecule has 1 unspecified atom stereocenters. The highest BCUT2D eigenvalue weighted by atomic mass is 32.1. The Kier molecular flexibility index (Phi) is 3.33. The zero-order valence-electron chi connectivity index (χ0n) is 10.9. The molecule has 0 aliphatic carbocycles. The SMILES string of the molecule is Cc1ccc2sc(C(C)N3CCNCC3)nc2c1. The van der Waals surface area contributed by atoms with E-state index < -0.39 is 0 Å². The molecule has 1 atom stereocenters. The molecule has 0 radical (unpaired) electrons. The van der Waals surface area contributed by atoms with Crippen LogP contribution in [0.3, 0.4) is 0 Å². The number of aromatic nitrogens is 1. The molecule has 3 rings (SSSR count). The second-order valence-corrected chi connectivity index (χ2v) is 6.05. The first kappa shape index (κ1) is 12.1. The molecule has 0 saturated carbocycles. The molecule has 1 aromatic carbocycles. The van der Waals surface area contributed by atoms with Crippen molar-refractivity contribution < 1.29 is 0 Å².